The second-order valence-corrected chi connectivity index (χ2v) is 7.75. The molecule has 0 amide bonds. The Balaban J connectivity index is 1.79. The maximum absolute atomic E-state index is 12.0. The quantitative estimate of drug-likeness (QED) is 0.610. The third-order valence-corrected chi connectivity index (χ3v) is 5.04. The van der Waals surface area contributed by atoms with E-state index in [9.17, 15) is 9.90 Å². The highest BCUT2D eigenvalue weighted by Crippen LogP contribution is 2.40. The second-order valence-electron chi connectivity index (χ2n) is 7.75. The highest BCUT2D eigenvalue weighted by Gasteiger charge is 2.36. The molecule has 0 bridgehead atoms. The van der Waals surface area contributed by atoms with E-state index in [1.165, 1.54) is 0 Å². The largest absolute Gasteiger partial charge is 0.478 e. The summed E-state index contributed by atoms with van der Waals surface area (Å²) in [4.78, 5) is 16.5. The number of benzene rings is 2. The summed E-state index contributed by atoms with van der Waals surface area (Å²) >= 11 is 0. The zero-order chi connectivity index (χ0) is 22.0. The first kappa shape index (κ1) is 20.8. The Hall–Kier alpha value is -3.42. The van der Waals surface area contributed by atoms with E-state index in [4.69, 9.17) is 19.9 Å². The van der Waals surface area contributed by atoms with E-state index < -0.39 is 24.0 Å². The summed E-state index contributed by atoms with van der Waals surface area (Å²) in [6.45, 7) is 3.97. The van der Waals surface area contributed by atoms with Gasteiger partial charge in [-0.2, -0.15) is 0 Å². The van der Waals surface area contributed by atoms with Crippen molar-refractivity contribution in [2.24, 2.45) is 0 Å². The number of hydrogen-bond donors (Lipinski definition) is 2. The van der Waals surface area contributed by atoms with Crippen molar-refractivity contribution in [2.45, 2.75) is 31.8 Å². The van der Waals surface area contributed by atoms with Gasteiger partial charge < -0.3 is 25.1 Å². The monoisotopic (exact) mass is 420 g/mol. The predicted molar refractivity (Wildman–Crippen MR) is 115 cm³/mol. The van der Waals surface area contributed by atoms with Crippen LogP contribution in [0.1, 0.15) is 37.2 Å². The van der Waals surface area contributed by atoms with E-state index in [0.29, 0.717) is 23.4 Å². The van der Waals surface area contributed by atoms with Gasteiger partial charge >= 0.3 is 5.97 Å². The van der Waals surface area contributed by atoms with Crippen molar-refractivity contribution in [3.05, 3.63) is 77.9 Å². The summed E-state index contributed by atoms with van der Waals surface area (Å²) in [6.07, 6.45) is -1.69. The van der Waals surface area contributed by atoms with Gasteiger partial charge in [-0.3, -0.25) is 0 Å². The summed E-state index contributed by atoms with van der Waals surface area (Å²) in [5, 5.41) is 9.78. The van der Waals surface area contributed by atoms with E-state index >= 15 is 0 Å². The van der Waals surface area contributed by atoms with Crippen LogP contribution < -0.4 is 10.5 Å². The van der Waals surface area contributed by atoms with Crippen LogP contribution in [0.3, 0.4) is 0 Å². The minimum atomic E-state index is -1.26. The van der Waals surface area contributed by atoms with Crippen LogP contribution in [0.25, 0.3) is 11.3 Å². The van der Waals surface area contributed by atoms with Gasteiger partial charge in [-0.25, -0.2) is 9.78 Å². The summed E-state index contributed by atoms with van der Waals surface area (Å²) in [5.74, 6) is -1.84. The molecule has 7 heteroatoms. The number of hydrogen-bond acceptors (Lipinski definition) is 6. The average Bonchev–Trinajstić information content (AvgIpc) is 3.13. The first-order chi connectivity index (χ1) is 14.8. The van der Waals surface area contributed by atoms with Gasteiger partial charge in [0, 0.05) is 16.7 Å². The van der Waals surface area contributed by atoms with Crippen molar-refractivity contribution in [3.8, 4) is 17.1 Å². The number of aliphatic carboxylic acids is 1. The Morgan fingerprint density at radius 3 is 2.39 bits per heavy atom. The number of nitrogens with two attached hydrogens (primary N) is 1. The van der Waals surface area contributed by atoms with Gasteiger partial charge in [0.25, 0.3) is 0 Å². The standard InChI is InChI=1S/C24H24N2O5/c1-24(2)29-14-19(31-24)17-13-18(15-9-5-3-6-10-15)26-22(20(17)25)30-21(23(27)28)16-11-7-4-8-12-16/h3-13,19,21H,14,25H2,1-2H3,(H,27,28). The van der Waals surface area contributed by atoms with Gasteiger partial charge in [0.05, 0.1) is 12.3 Å². The molecule has 2 unspecified atom stereocenters. The van der Waals surface area contributed by atoms with Gasteiger partial charge in [-0.1, -0.05) is 60.7 Å². The number of rotatable bonds is 6. The molecular formula is C24H24N2O5. The van der Waals surface area contributed by atoms with E-state index in [0.717, 1.165) is 5.56 Å². The molecule has 3 aromatic rings. The number of nitrogen functional groups attached to an aromatic ring is 1. The molecule has 160 valence electrons. The molecule has 31 heavy (non-hydrogen) atoms. The second kappa shape index (κ2) is 8.37. The fourth-order valence-electron chi connectivity index (χ4n) is 3.50. The number of carboxylic acid groups (broad SMARTS) is 1. The van der Waals surface area contributed by atoms with Crippen molar-refractivity contribution < 1.29 is 24.1 Å². The lowest BCUT2D eigenvalue weighted by molar-refractivity contribution is -0.145. The van der Waals surface area contributed by atoms with E-state index in [2.05, 4.69) is 4.98 Å². The molecule has 1 fully saturated rings. The van der Waals surface area contributed by atoms with Crippen molar-refractivity contribution in [2.75, 3.05) is 12.3 Å². The molecule has 1 aromatic heterocycles. The molecule has 0 aliphatic carbocycles. The fourth-order valence-corrected chi connectivity index (χ4v) is 3.50. The Morgan fingerprint density at radius 2 is 1.81 bits per heavy atom. The highest BCUT2D eigenvalue weighted by atomic mass is 16.7. The first-order valence-corrected chi connectivity index (χ1v) is 9.96. The highest BCUT2D eigenvalue weighted by molar-refractivity contribution is 5.75. The SMILES string of the molecule is CC1(C)OCC(c2cc(-c3ccccc3)nc(OC(C(=O)O)c3ccccc3)c2N)O1. The number of anilines is 1. The van der Waals surface area contributed by atoms with E-state index in [1.54, 1.807) is 24.3 Å². The zero-order valence-corrected chi connectivity index (χ0v) is 17.3. The molecule has 2 aromatic carbocycles. The third kappa shape index (κ3) is 4.52. The van der Waals surface area contributed by atoms with Crippen LogP contribution in [0.5, 0.6) is 5.88 Å². The molecule has 0 spiro atoms. The average molecular weight is 420 g/mol. The smallest absolute Gasteiger partial charge is 0.349 e. The van der Waals surface area contributed by atoms with Gasteiger partial charge in [0.15, 0.2) is 5.79 Å². The predicted octanol–water partition coefficient (Wildman–Crippen LogP) is 4.36. The Kier molecular flexibility index (Phi) is 5.63. The third-order valence-electron chi connectivity index (χ3n) is 5.04. The lowest BCUT2D eigenvalue weighted by atomic mass is 10.0. The summed E-state index contributed by atoms with van der Waals surface area (Å²) in [5.41, 5.74) is 9.22. The summed E-state index contributed by atoms with van der Waals surface area (Å²) in [7, 11) is 0. The van der Waals surface area contributed by atoms with Crippen LogP contribution in [0.15, 0.2) is 66.7 Å². The molecule has 1 saturated heterocycles. The molecule has 2 atom stereocenters. The summed E-state index contributed by atoms with van der Waals surface area (Å²) < 4.78 is 17.6. The topological polar surface area (TPSA) is 104 Å². The van der Waals surface area contributed by atoms with Crippen LogP contribution in [-0.4, -0.2) is 28.5 Å². The maximum atomic E-state index is 12.0. The minimum absolute atomic E-state index is 0.0425. The van der Waals surface area contributed by atoms with Crippen molar-refractivity contribution in [1.82, 2.24) is 4.98 Å². The van der Waals surface area contributed by atoms with Crippen LogP contribution in [0.2, 0.25) is 0 Å². The first-order valence-electron chi connectivity index (χ1n) is 9.96. The number of carboxylic acids is 1. The number of aromatic nitrogens is 1. The maximum Gasteiger partial charge on any atom is 0.349 e. The van der Waals surface area contributed by atoms with Crippen molar-refractivity contribution >= 4 is 11.7 Å². The van der Waals surface area contributed by atoms with E-state index in [-0.39, 0.29) is 11.6 Å². The summed E-state index contributed by atoms with van der Waals surface area (Å²) in [6, 6.07) is 20.1. The molecule has 4 rings (SSSR count). The van der Waals surface area contributed by atoms with Gasteiger partial charge in [0.1, 0.15) is 11.8 Å². The molecule has 0 saturated carbocycles. The fraction of sp³-hybridized carbons (Fsp3) is 0.250. The lowest BCUT2D eigenvalue weighted by Crippen LogP contribution is -2.21. The van der Waals surface area contributed by atoms with Crippen LogP contribution in [0, 0.1) is 0 Å². The zero-order valence-electron chi connectivity index (χ0n) is 17.3. The molecular weight excluding hydrogens is 396 g/mol. The van der Waals surface area contributed by atoms with Crippen LogP contribution >= 0.6 is 0 Å². The number of ether oxygens (including phenoxy) is 3. The van der Waals surface area contributed by atoms with Gasteiger partial charge in [-0.15, -0.1) is 0 Å². The van der Waals surface area contributed by atoms with Gasteiger partial charge in [0.2, 0.25) is 12.0 Å². The van der Waals surface area contributed by atoms with Crippen LogP contribution in [0.4, 0.5) is 5.69 Å². The molecule has 1 aliphatic heterocycles. The molecule has 0 radical (unpaired) electrons. The molecule has 3 N–H and O–H groups in total. The molecule has 2 heterocycles. The number of pyridine rings is 1. The Bertz CT molecular complexity index is 1070. The van der Waals surface area contributed by atoms with Gasteiger partial charge in [-0.05, 0) is 19.9 Å². The van der Waals surface area contributed by atoms with Crippen molar-refractivity contribution in [3.63, 3.8) is 0 Å². The molecule has 1 aliphatic rings. The number of nitrogens with zero attached hydrogens (tertiary/aromatic N) is 1. The lowest BCUT2D eigenvalue weighted by Gasteiger charge is -2.21. The molecule has 7 nitrogen and oxygen atoms in total. The Labute approximate surface area is 180 Å². The van der Waals surface area contributed by atoms with Crippen molar-refractivity contribution in [1.29, 1.82) is 0 Å². The Morgan fingerprint density at radius 1 is 1.16 bits per heavy atom. The van der Waals surface area contributed by atoms with Crippen LogP contribution in [-0.2, 0) is 14.3 Å². The minimum Gasteiger partial charge on any atom is -0.478 e. The van der Waals surface area contributed by atoms with E-state index in [1.807, 2.05) is 56.3 Å². The number of carbonyl (C=O) groups is 1. The normalized spacial score (nSPS) is 18.5.